The van der Waals surface area contributed by atoms with Gasteiger partial charge in [-0.05, 0) is 50.2 Å². The van der Waals surface area contributed by atoms with Crippen LogP contribution in [0.1, 0.15) is 12.8 Å². The standard InChI is InChI=1S/C17H21N5O3S/c1-26(23,24)14-4-2-12(3-5-14)22-16-15(10-21-22)17(20-11-19-16)25-13-6-8-18-9-7-13/h2-5,10-11,13,15-16,18H,6-9H2,1H3. The Bertz CT molecular complexity index is 857. The van der Waals surface area contributed by atoms with E-state index in [4.69, 9.17) is 4.74 Å². The van der Waals surface area contributed by atoms with Crippen LogP contribution in [0.2, 0.25) is 0 Å². The fourth-order valence-corrected chi connectivity index (χ4v) is 3.92. The summed E-state index contributed by atoms with van der Waals surface area (Å²) in [5, 5.41) is 9.55. The minimum absolute atomic E-state index is 0.135. The molecule has 1 aromatic rings. The van der Waals surface area contributed by atoms with Gasteiger partial charge in [-0.3, -0.25) is 0 Å². The van der Waals surface area contributed by atoms with E-state index in [1.165, 1.54) is 12.6 Å². The maximum atomic E-state index is 11.6. The highest BCUT2D eigenvalue weighted by Gasteiger charge is 2.38. The number of nitrogens with one attached hydrogen (secondary N) is 1. The first kappa shape index (κ1) is 17.2. The zero-order chi connectivity index (χ0) is 18.1. The number of hydrogen-bond acceptors (Lipinski definition) is 8. The van der Waals surface area contributed by atoms with E-state index in [2.05, 4.69) is 20.4 Å². The van der Waals surface area contributed by atoms with Gasteiger partial charge in [0.05, 0.1) is 10.6 Å². The predicted molar refractivity (Wildman–Crippen MR) is 101 cm³/mol. The van der Waals surface area contributed by atoms with Gasteiger partial charge in [-0.2, -0.15) is 5.10 Å². The Morgan fingerprint density at radius 1 is 1.19 bits per heavy atom. The number of nitrogens with zero attached hydrogens (tertiary/aromatic N) is 4. The van der Waals surface area contributed by atoms with E-state index < -0.39 is 9.84 Å². The fourth-order valence-electron chi connectivity index (χ4n) is 3.29. The molecule has 3 heterocycles. The molecular weight excluding hydrogens is 354 g/mol. The summed E-state index contributed by atoms with van der Waals surface area (Å²) < 4.78 is 29.4. The van der Waals surface area contributed by atoms with E-state index >= 15 is 0 Å². The normalized spacial score (nSPS) is 25.9. The third-order valence-corrected chi connectivity index (χ3v) is 5.84. The number of hydrogen-bond donors (Lipinski definition) is 1. The number of hydrazone groups is 1. The van der Waals surface area contributed by atoms with E-state index in [9.17, 15) is 8.42 Å². The van der Waals surface area contributed by atoms with E-state index in [-0.39, 0.29) is 23.1 Å². The molecule has 138 valence electrons. The molecule has 1 aromatic carbocycles. The maximum Gasteiger partial charge on any atom is 0.202 e. The quantitative estimate of drug-likeness (QED) is 0.852. The molecule has 1 saturated heterocycles. The summed E-state index contributed by atoms with van der Waals surface area (Å²) in [7, 11) is -3.22. The van der Waals surface area contributed by atoms with Crippen LogP contribution in [0.3, 0.4) is 0 Å². The Morgan fingerprint density at radius 2 is 1.92 bits per heavy atom. The third-order valence-electron chi connectivity index (χ3n) is 4.72. The van der Waals surface area contributed by atoms with Gasteiger partial charge in [-0.15, -0.1) is 0 Å². The lowest BCUT2D eigenvalue weighted by molar-refractivity contribution is 0.141. The zero-order valence-electron chi connectivity index (χ0n) is 14.4. The van der Waals surface area contributed by atoms with Gasteiger partial charge in [0.2, 0.25) is 5.90 Å². The van der Waals surface area contributed by atoms with Gasteiger partial charge < -0.3 is 10.1 Å². The molecule has 3 aliphatic heterocycles. The number of rotatable bonds is 3. The van der Waals surface area contributed by atoms with Crippen LogP contribution in [-0.4, -0.2) is 58.5 Å². The van der Waals surface area contributed by atoms with Crippen molar-refractivity contribution in [1.29, 1.82) is 0 Å². The number of piperidine rings is 1. The first-order valence-electron chi connectivity index (χ1n) is 8.62. The molecular formula is C17H21N5O3S. The van der Waals surface area contributed by atoms with Gasteiger partial charge in [-0.25, -0.2) is 23.4 Å². The largest absolute Gasteiger partial charge is 0.477 e. The van der Waals surface area contributed by atoms with Crippen LogP contribution in [0, 0.1) is 5.92 Å². The minimum atomic E-state index is -3.22. The van der Waals surface area contributed by atoms with Crippen molar-refractivity contribution in [3.8, 4) is 0 Å². The molecule has 0 aromatic heterocycles. The average Bonchev–Trinajstić information content (AvgIpc) is 3.07. The number of anilines is 1. The van der Waals surface area contributed by atoms with E-state index in [1.54, 1.807) is 35.5 Å². The van der Waals surface area contributed by atoms with E-state index in [1.807, 2.05) is 0 Å². The molecule has 2 unspecified atom stereocenters. The van der Waals surface area contributed by atoms with Gasteiger partial charge in [-0.1, -0.05) is 0 Å². The molecule has 3 aliphatic rings. The SMILES string of the molecule is CS(=O)(=O)c1ccc(N2N=CC3C(OC4CCNCC4)=NC=NC32)cc1. The monoisotopic (exact) mass is 375 g/mol. The summed E-state index contributed by atoms with van der Waals surface area (Å²) in [6, 6.07) is 6.65. The highest BCUT2D eigenvalue weighted by molar-refractivity contribution is 7.90. The molecule has 4 rings (SSSR count). The molecule has 0 aliphatic carbocycles. The zero-order valence-corrected chi connectivity index (χ0v) is 15.3. The predicted octanol–water partition coefficient (Wildman–Crippen LogP) is 1.05. The lowest BCUT2D eigenvalue weighted by atomic mass is 10.1. The minimum Gasteiger partial charge on any atom is -0.477 e. The molecule has 0 bridgehead atoms. The second-order valence-corrected chi connectivity index (χ2v) is 8.63. The van der Waals surface area contributed by atoms with Crippen molar-refractivity contribution in [3.63, 3.8) is 0 Å². The van der Waals surface area contributed by atoms with Crippen LogP contribution in [-0.2, 0) is 14.6 Å². The smallest absolute Gasteiger partial charge is 0.202 e. The fraction of sp³-hybridized carbons (Fsp3) is 0.471. The van der Waals surface area contributed by atoms with Crippen molar-refractivity contribution >= 4 is 34.0 Å². The van der Waals surface area contributed by atoms with Crippen molar-refractivity contribution in [2.24, 2.45) is 21.0 Å². The van der Waals surface area contributed by atoms with Crippen molar-refractivity contribution in [3.05, 3.63) is 24.3 Å². The van der Waals surface area contributed by atoms with Crippen molar-refractivity contribution < 1.29 is 13.2 Å². The molecule has 1 fully saturated rings. The van der Waals surface area contributed by atoms with Gasteiger partial charge in [0.15, 0.2) is 16.0 Å². The van der Waals surface area contributed by atoms with Gasteiger partial charge >= 0.3 is 0 Å². The van der Waals surface area contributed by atoms with Crippen molar-refractivity contribution in [2.75, 3.05) is 24.4 Å². The second kappa shape index (κ2) is 6.81. The number of fused-ring (bicyclic) bond motifs is 1. The number of ether oxygens (including phenoxy) is 1. The summed E-state index contributed by atoms with van der Waals surface area (Å²) in [6.45, 7) is 1.90. The van der Waals surface area contributed by atoms with Crippen LogP contribution < -0.4 is 10.3 Å². The Labute approximate surface area is 152 Å². The first-order chi connectivity index (χ1) is 12.5. The van der Waals surface area contributed by atoms with Gasteiger partial charge in [0.25, 0.3) is 0 Å². The molecule has 0 amide bonds. The number of sulfone groups is 1. The van der Waals surface area contributed by atoms with Crippen molar-refractivity contribution in [2.45, 2.75) is 30.0 Å². The Morgan fingerprint density at radius 3 is 2.62 bits per heavy atom. The molecule has 0 spiro atoms. The molecule has 26 heavy (non-hydrogen) atoms. The van der Waals surface area contributed by atoms with Crippen LogP contribution in [0.5, 0.6) is 0 Å². The molecule has 0 radical (unpaired) electrons. The molecule has 1 N–H and O–H groups in total. The number of benzene rings is 1. The molecule has 8 nitrogen and oxygen atoms in total. The topological polar surface area (TPSA) is 95.7 Å². The summed E-state index contributed by atoms with van der Waals surface area (Å²) in [6.07, 6.45) is 6.34. The van der Waals surface area contributed by atoms with Crippen LogP contribution >= 0.6 is 0 Å². The van der Waals surface area contributed by atoms with Gasteiger partial charge in [0, 0.05) is 12.5 Å². The van der Waals surface area contributed by atoms with E-state index in [0.29, 0.717) is 5.90 Å². The molecule has 9 heteroatoms. The Kier molecular flexibility index (Phi) is 4.49. The van der Waals surface area contributed by atoms with Crippen LogP contribution in [0.25, 0.3) is 0 Å². The number of aliphatic imine (C=N–C) groups is 2. The average molecular weight is 375 g/mol. The van der Waals surface area contributed by atoms with E-state index in [0.717, 1.165) is 31.6 Å². The second-order valence-electron chi connectivity index (χ2n) is 6.61. The lowest BCUT2D eigenvalue weighted by Gasteiger charge is -2.30. The summed E-state index contributed by atoms with van der Waals surface area (Å²) in [5.74, 6) is 0.514. The van der Waals surface area contributed by atoms with Crippen LogP contribution in [0.15, 0.2) is 44.2 Å². The Balaban J connectivity index is 1.50. The molecule has 0 saturated carbocycles. The van der Waals surface area contributed by atoms with Crippen molar-refractivity contribution in [1.82, 2.24) is 5.32 Å². The van der Waals surface area contributed by atoms with Crippen LogP contribution in [0.4, 0.5) is 5.69 Å². The maximum absolute atomic E-state index is 11.6. The van der Waals surface area contributed by atoms with Gasteiger partial charge in [0.1, 0.15) is 18.4 Å². The third kappa shape index (κ3) is 3.36. The Hall–Kier alpha value is -2.26. The highest BCUT2D eigenvalue weighted by atomic mass is 32.2. The lowest BCUT2D eigenvalue weighted by Crippen LogP contribution is -2.41. The first-order valence-corrected chi connectivity index (χ1v) is 10.5. The molecule has 2 atom stereocenters. The summed E-state index contributed by atoms with van der Waals surface area (Å²) >= 11 is 0. The summed E-state index contributed by atoms with van der Waals surface area (Å²) in [4.78, 5) is 9.05. The highest BCUT2D eigenvalue weighted by Crippen LogP contribution is 2.30. The summed E-state index contributed by atoms with van der Waals surface area (Å²) in [5.41, 5.74) is 0.779.